The van der Waals surface area contributed by atoms with Crippen molar-refractivity contribution in [2.75, 3.05) is 5.73 Å². The lowest BCUT2D eigenvalue weighted by Crippen LogP contribution is -2.22. The zero-order valence-corrected chi connectivity index (χ0v) is 11.2. The Morgan fingerprint density at radius 2 is 2.18 bits per heavy atom. The Labute approximate surface area is 107 Å². The monoisotopic (exact) mass is 296 g/mol. The molecule has 2 rings (SSSR count). The topological polar surface area (TPSA) is 65.8 Å². The molecule has 0 atom stereocenters. The number of aromatic nitrogens is 3. The molecular formula is C11H13BrN4O. The molecule has 2 aromatic heterocycles. The van der Waals surface area contributed by atoms with Crippen molar-refractivity contribution in [3.05, 3.63) is 44.5 Å². The third kappa shape index (κ3) is 2.26. The molecule has 0 saturated carbocycles. The van der Waals surface area contributed by atoms with E-state index < -0.39 is 0 Å². The maximum absolute atomic E-state index is 12.0. The first kappa shape index (κ1) is 11.9. The lowest BCUT2D eigenvalue weighted by atomic mass is 10.2. The van der Waals surface area contributed by atoms with E-state index in [4.69, 9.17) is 5.73 Å². The minimum atomic E-state index is -0.0828. The van der Waals surface area contributed by atoms with Gasteiger partial charge in [-0.1, -0.05) is 0 Å². The number of aryl methyl sites for hydroxylation is 1. The van der Waals surface area contributed by atoms with Gasteiger partial charge in [0, 0.05) is 25.0 Å². The molecule has 2 heterocycles. The van der Waals surface area contributed by atoms with E-state index in [2.05, 4.69) is 21.0 Å². The summed E-state index contributed by atoms with van der Waals surface area (Å²) in [5.74, 6) is 0. The SMILES string of the molecule is Cc1c(N)cn(Cc2cnn(C)c2)c(=O)c1Br. The van der Waals surface area contributed by atoms with Gasteiger partial charge in [-0.25, -0.2) is 0 Å². The van der Waals surface area contributed by atoms with Gasteiger partial charge < -0.3 is 10.3 Å². The summed E-state index contributed by atoms with van der Waals surface area (Å²) in [5, 5.41) is 4.06. The molecule has 6 heteroatoms. The molecule has 17 heavy (non-hydrogen) atoms. The predicted molar refractivity (Wildman–Crippen MR) is 69.9 cm³/mol. The Morgan fingerprint density at radius 3 is 2.76 bits per heavy atom. The number of pyridine rings is 1. The molecule has 0 unspecified atom stereocenters. The van der Waals surface area contributed by atoms with Crippen molar-refractivity contribution < 1.29 is 0 Å². The van der Waals surface area contributed by atoms with Gasteiger partial charge in [-0.3, -0.25) is 9.48 Å². The molecule has 0 spiro atoms. The summed E-state index contributed by atoms with van der Waals surface area (Å²) in [5.41, 5.74) is 8.09. The molecule has 0 bridgehead atoms. The Hall–Kier alpha value is -1.56. The van der Waals surface area contributed by atoms with E-state index in [0.717, 1.165) is 11.1 Å². The van der Waals surface area contributed by atoms with Crippen LogP contribution in [0.25, 0.3) is 0 Å². The van der Waals surface area contributed by atoms with Crippen molar-refractivity contribution in [1.29, 1.82) is 0 Å². The molecule has 0 aromatic carbocycles. The average molecular weight is 297 g/mol. The quantitative estimate of drug-likeness (QED) is 0.908. The summed E-state index contributed by atoms with van der Waals surface area (Å²) in [4.78, 5) is 12.0. The normalized spacial score (nSPS) is 10.8. The van der Waals surface area contributed by atoms with Crippen molar-refractivity contribution in [1.82, 2.24) is 14.3 Å². The molecular weight excluding hydrogens is 284 g/mol. The number of anilines is 1. The van der Waals surface area contributed by atoms with Crippen molar-refractivity contribution in [2.45, 2.75) is 13.5 Å². The van der Waals surface area contributed by atoms with Crippen LogP contribution in [0.15, 0.2) is 27.9 Å². The number of hydrogen-bond donors (Lipinski definition) is 1. The molecule has 0 aliphatic rings. The number of nitrogens with zero attached hydrogens (tertiary/aromatic N) is 3. The molecule has 0 saturated heterocycles. The average Bonchev–Trinajstić information content (AvgIpc) is 2.69. The molecule has 0 aliphatic carbocycles. The van der Waals surface area contributed by atoms with Crippen LogP contribution in [-0.2, 0) is 13.6 Å². The minimum Gasteiger partial charge on any atom is -0.397 e. The maximum Gasteiger partial charge on any atom is 0.265 e. The van der Waals surface area contributed by atoms with Gasteiger partial charge in [0.05, 0.1) is 22.9 Å². The highest BCUT2D eigenvalue weighted by molar-refractivity contribution is 9.10. The van der Waals surface area contributed by atoms with Crippen LogP contribution in [0.1, 0.15) is 11.1 Å². The molecule has 0 radical (unpaired) electrons. The highest BCUT2D eigenvalue weighted by Crippen LogP contribution is 2.17. The first-order valence-electron chi connectivity index (χ1n) is 5.11. The molecule has 2 N–H and O–H groups in total. The fourth-order valence-corrected chi connectivity index (χ4v) is 2.06. The summed E-state index contributed by atoms with van der Waals surface area (Å²) in [6.07, 6.45) is 5.27. The van der Waals surface area contributed by atoms with Gasteiger partial charge in [-0.05, 0) is 28.4 Å². The van der Waals surface area contributed by atoms with E-state index in [-0.39, 0.29) is 5.56 Å². The summed E-state index contributed by atoms with van der Waals surface area (Å²) in [6, 6.07) is 0. The molecule has 0 aliphatic heterocycles. The van der Waals surface area contributed by atoms with Crippen LogP contribution in [-0.4, -0.2) is 14.3 Å². The van der Waals surface area contributed by atoms with Crippen molar-refractivity contribution in [3.63, 3.8) is 0 Å². The fourth-order valence-electron chi connectivity index (χ4n) is 1.60. The molecule has 2 aromatic rings. The Bertz CT molecular complexity index is 614. The second-order valence-electron chi connectivity index (χ2n) is 3.98. The van der Waals surface area contributed by atoms with E-state index in [1.807, 2.05) is 20.2 Å². The van der Waals surface area contributed by atoms with Crippen LogP contribution in [0.2, 0.25) is 0 Å². The zero-order chi connectivity index (χ0) is 12.6. The number of rotatable bonds is 2. The number of nitrogen functional groups attached to an aromatic ring is 1. The third-order valence-corrected chi connectivity index (χ3v) is 3.55. The van der Waals surface area contributed by atoms with Gasteiger partial charge in [-0.2, -0.15) is 5.10 Å². The van der Waals surface area contributed by atoms with Gasteiger partial charge >= 0.3 is 0 Å². The van der Waals surface area contributed by atoms with E-state index >= 15 is 0 Å². The van der Waals surface area contributed by atoms with Crippen molar-refractivity contribution in [2.24, 2.45) is 7.05 Å². The van der Waals surface area contributed by atoms with Crippen LogP contribution in [0.5, 0.6) is 0 Å². The van der Waals surface area contributed by atoms with E-state index in [0.29, 0.717) is 16.7 Å². The highest BCUT2D eigenvalue weighted by atomic mass is 79.9. The second-order valence-corrected chi connectivity index (χ2v) is 4.77. The largest absolute Gasteiger partial charge is 0.397 e. The zero-order valence-electron chi connectivity index (χ0n) is 9.64. The molecule has 0 amide bonds. The Morgan fingerprint density at radius 1 is 1.47 bits per heavy atom. The number of nitrogens with two attached hydrogens (primary N) is 1. The number of hydrogen-bond acceptors (Lipinski definition) is 3. The Kier molecular flexibility index (Phi) is 3.06. The second kappa shape index (κ2) is 4.37. The van der Waals surface area contributed by atoms with Crippen LogP contribution < -0.4 is 11.3 Å². The van der Waals surface area contributed by atoms with E-state index in [1.165, 1.54) is 0 Å². The smallest absolute Gasteiger partial charge is 0.265 e. The van der Waals surface area contributed by atoms with Gasteiger partial charge in [0.1, 0.15) is 0 Å². The van der Waals surface area contributed by atoms with Gasteiger partial charge in [0.2, 0.25) is 0 Å². The number of halogens is 1. The highest BCUT2D eigenvalue weighted by Gasteiger charge is 2.09. The first-order chi connectivity index (χ1) is 7.99. The van der Waals surface area contributed by atoms with E-state index in [9.17, 15) is 4.79 Å². The fraction of sp³-hybridized carbons (Fsp3) is 0.273. The van der Waals surface area contributed by atoms with E-state index in [1.54, 1.807) is 21.6 Å². The summed E-state index contributed by atoms with van der Waals surface area (Å²) >= 11 is 3.27. The van der Waals surface area contributed by atoms with Crippen molar-refractivity contribution in [3.8, 4) is 0 Å². The first-order valence-corrected chi connectivity index (χ1v) is 5.91. The van der Waals surface area contributed by atoms with Crippen LogP contribution in [0.3, 0.4) is 0 Å². The van der Waals surface area contributed by atoms with Gasteiger partial charge in [0.15, 0.2) is 0 Å². The van der Waals surface area contributed by atoms with Crippen LogP contribution in [0, 0.1) is 6.92 Å². The Balaban J connectivity index is 2.43. The van der Waals surface area contributed by atoms with Gasteiger partial charge in [-0.15, -0.1) is 0 Å². The summed E-state index contributed by atoms with van der Waals surface area (Å²) in [6.45, 7) is 2.28. The van der Waals surface area contributed by atoms with Crippen molar-refractivity contribution >= 4 is 21.6 Å². The molecule has 0 fully saturated rings. The lowest BCUT2D eigenvalue weighted by molar-refractivity contribution is 0.746. The predicted octanol–water partition coefficient (Wildman–Crippen LogP) is 1.28. The molecule has 90 valence electrons. The third-order valence-electron chi connectivity index (χ3n) is 2.62. The van der Waals surface area contributed by atoms with Crippen LogP contribution in [0.4, 0.5) is 5.69 Å². The summed E-state index contributed by atoms with van der Waals surface area (Å²) < 4.78 is 3.79. The standard InChI is InChI=1S/C11H13BrN4O/c1-7-9(13)6-16(11(17)10(7)12)5-8-3-14-15(2)4-8/h3-4,6H,5,13H2,1-2H3. The lowest BCUT2D eigenvalue weighted by Gasteiger charge is -2.09. The minimum absolute atomic E-state index is 0.0828. The van der Waals surface area contributed by atoms with Crippen LogP contribution >= 0.6 is 15.9 Å². The van der Waals surface area contributed by atoms with Gasteiger partial charge in [0.25, 0.3) is 5.56 Å². The summed E-state index contributed by atoms with van der Waals surface area (Å²) in [7, 11) is 1.84. The molecule has 5 nitrogen and oxygen atoms in total. The maximum atomic E-state index is 12.0.